The molecule has 9 heteroatoms. The summed E-state index contributed by atoms with van der Waals surface area (Å²) < 4.78 is 23.2. The number of nitrogens with zero attached hydrogens (tertiary/aromatic N) is 3. The molecule has 3 heterocycles. The summed E-state index contributed by atoms with van der Waals surface area (Å²) in [7, 11) is 3.97. The van der Waals surface area contributed by atoms with Crippen molar-refractivity contribution in [1.82, 2.24) is 10.1 Å². The van der Waals surface area contributed by atoms with Gasteiger partial charge >= 0.3 is 0 Å². The number of fused-ring (bicyclic) bond motifs is 1. The van der Waals surface area contributed by atoms with E-state index in [1.165, 1.54) is 12.8 Å². The lowest BCUT2D eigenvalue weighted by Gasteiger charge is -2.32. The maximum atomic E-state index is 6.16. The summed E-state index contributed by atoms with van der Waals surface area (Å²) in [5, 5.41) is 6.55. The average molecular weight is 534 g/mol. The minimum absolute atomic E-state index is 0.0493. The van der Waals surface area contributed by atoms with Crippen LogP contribution in [0.3, 0.4) is 0 Å². The standard InChI is InChI=1S/C27H33Cl2N3O4/c1-31(2)26-24(35-17-19-3-6-21(28)22(29)15-19)8-5-20-23(30-36-27(20)26)7-4-18-9-11-32(12-10-18)16-25-33-13-14-34-25/h3,5-6,8,15,18,25H,4,7,9-14,16-17H2,1-2H3. The van der Waals surface area contributed by atoms with Crippen molar-refractivity contribution < 1.29 is 18.7 Å². The minimum atomic E-state index is -0.0493. The molecular formula is C27H33Cl2N3O4. The molecule has 36 heavy (non-hydrogen) atoms. The number of hydrogen-bond donors (Lipinski definition) is 0. The lowest BCUT2D eigenvalue weighted by atomic mass is 9.91. The Morgan fingerprint density at radius 2 is 1.83 bits per heavy atom. The van der Waals surface area contributed by atoms with Crippen LogP contribution in [0.1, 0.15) is 30.5 Å². The fourth-order valence-corrected chi connectivity index (χ4v) is 5.38. The van der Waals surface area contributed by atoms with Crippen molar-refractivity contribution in [3.63, 3.8) is 0 Å². The molecule has 2 saturated heterocycles. The van der Waals surface area contributed by atoms with Crippen molar-refractivity contribution >= 4 is 39.9 Å². The molecule has 0 radical (unpaired) electrons. The highest BCUT2D eigenvalue weighted by molar-refractivity contribution is 6.42. The van der Waals surface area contributed by atoms with Gasteiger partial charge in [-0.3, -0.25) is 4.90 Å². The molecule has 0 saturated carbocycles. The van der Waals surface area contributed by atoms with Crippen molar-refractivity contribution in [1.29, 1.82) is 0 Å². The van der Waals surface area contributed by atoms with Crippen molar-refractivity contribution in [2.75, 3.05) is 51.8 Å². The second-order valence-electron chi connectivity index (χ2n) is 9.80. The van der Waals surface area contributed by atoms with Gasteiger partial charge < -0.3 is 23.6 Å². The molecule has 5 rings (SSSR count). The summed E-state index contributed by atoms with van der Waals surface area (Å²) in [6.07, 6.45) is 4.35. The predicted octanol–water partition coefficient (Wildman–Crippen LogP) is 5.80. The highest BCUT2D eigenvalue weighted by atomic mass is 35.5. The van der Waals surface area contributed by atoms with E-state index in [1.807, 2.05) is 37.2 Å². The Morgan fingerprint density at radius 3 is 2.56 bits per heavy atom. The fraction of sp³-hybridized carbons (Fsp3) is 0.519. The van der Waals surface area contributed by atoms with Crippen LogP contribution >= 0.6 is 23.2 Å². The van der Waals surface area contributed by atoms with E-state index >= 15 is 0 Å². The number of likely N-dealkylation sites (tertiary alicyclic amines) is 1. The highest BCUT2D eigenvalue weighted by Crippen LogP contribution is 2.38. The minimum Gasteiger partial charge on any atom is -0.487 e. The van der Waals surface area contributed by atoms with E-state index in [0.717, 1.165) is 66.1 Å². The van der Waals surface area contributed by atoms with E-state index in [-0.39, 0.29) is 6.29 Å². The van der Waals surface area contributed by atoms with Crippen LogP contribution < -0.4 is 9.64 Å². The van der Waals surface area contributed by atoms with Crippen LogP contribution in [-0.2, 0) is 22.5 Å². The quantitative estimate of drug-likeness (QED) is 0.344. The Hall–Kier alpha value is -2.03. The second kappa shape index (κ2) is 11.6. The zero-order chi connectivity index (χ0) is 25.1. The van der Waals surface area contributed by atoms with Crippen LogP contribution in [0.5, 0.6) is 5.75 Å². The normalized spacial score (nSPS) is 17.8. The molecule has 2 fully saturated rings. The van der Waals surface area contributed by atoms with Gasteiger partial charge in [0.2, 0.25) is 0 Å². The maximum absolute atomic E-state index is 6.16. The number of halogens is 2. The monoisotopic (exact) mass is 533 g/mol. The number of benzene rings is 2. The Balaban J connectivity index is 1.21. The Labute approximate surface area is 222 Å². The van der Waals surface area contributed by atoms with Gasteiger partial charge in [-0.05, 0) is 74.5 Å². The van der Waals surface area contributed by atoms with E-state index in [0.29, 0.717) is 35.8 Å². The third kappa shape index (κ3) is 5.92. The summed E-state index contributed by atoms with van der Waals surface area (Å²) in [5.41, 5.74) is 3.60. The zero-order valence-electron chi connectivity index (χ0n) is 20.8. The second-order valence-corrected chi connectivity index (χ2v) is 10.6. The van der Waals surface area contributed by atoms with Gasteiger partial charge in [-0.15, -0.1) is 0 Å². The number of rotatable bonds is 9. The molecule has 0 bridgehead atoms. The Bertz CT molecular complexity index is 1170. The van der Waals surface area contributed by atoms with Gasteiger partial charge in [0, 0.05) is 26.0 Å². The molecule has 0 aliphatic carbocycles. The molecule has 7 nitrogen and oxygen atoms in total. The molecule has 3 aromatic rings. The molecule has 0 amide bonds. The first-order chi connectivity index (χ1) is 17.5. The van der Waals surface area contributed by atoms with Crippen molar-refractivity contribution in [2.45, 2.75) is 38.6 Å². The summed E-state index contributed by atoms with van der Waals surface area (Å²) in [5.74, 6) is 1.43. The van der Waals surface area contributed by atoms with Crippen LogP contribution in [0.4, 0.5) is 5.69 Å². The lowest BCUT2D eigenvalue weighted by Crippen LogP contribution is -2.39. The van der Waals surface area contributed by atoms with Gasteiger partial charge in [-0.25, -0.2) is 0 Å². The van der Waals surface area contributed by atoms with Crippen molar-refractivity contribution in [3.05, 3.63) is 51.6 Å². The SMILES string of the molecule is CN(C)c1c(OCc2ccc(Cl)c(Cl)c2)ccc2c(CCC3CCN(CC4OCCO4)CC3)noc12. The van der Waals surface area contributed by atoms with E-state index in [4.69, 9.17) is 41.9 Å². The van der Waals surface area contributed by atoms with Crippen LogP contribution in [0.15, 0.2) is 34.9 Å². The molecule has 194 valence electrons. The van der Waals surface area contributed by atoms with E-state index in [9.17, 15) is 0 Å². The van der Waals surface area contributed by atoms with Gasteiger partial charge in [0.1, 0.15) is 18.0 Å². The third-order valence-corrected chi connectivity index (χ3v) is 7.81. The van der Waals surface area contributed by atoms with Crippen LogP contribution in [-0.4, -0.2) is 63.3 Å². The van der Waals surface area contributed by atoms with Gasteiger partial charge in [0.05, 0.1) is 29.0 Å². The smallest absolute Gasteiger partial charge is 0.194 e. The van der Waals surface area contributed by atoms with Crippen LogP contribution in [0, 0.1) is 5.92 Å². The van der Waals surface area contributed by atoms with E-state index < -0.39 is 0 Å². The first-order valence-corrected chi connectivity index (χ1v) is 13.3. The first kappa shape index (κ1) is 25.6. The molecule has 0 atom stereocenters. The zero-order valence-corrected chi connectivity index (χ0v) is 22.4. The van der Waals surface area contributed by atoms with E-state index in [2.05, 4.69) is 16.1 Å². The summed E-state index contributed by atoms with van der Waals surface area (Å²) in [6, 6.07) is 9.58. The first-order valence-electron chi connectivity index (χ1n) is 12.6. The molecular weight excluding hydrogens is 501 g/mol. The van der Waals surface area contributed by atoms with Crippen LogP contribution in [0.2, 0.25) is 10.0 Å². The molecule has 0 unspecified atom stereocenters. The van der Waals surface area contributed by atoms with Crippen LogP contribution in [0.25, 0.3) is 11.0 Å². The molecule has 2 aliphatic heterocycles. The number of piperidine rings is 1. The molecule has 0 N–H and O–H groups in total. The summed E-state index contributed by atoms with van der Waals surface area (Å²) >= 11 is 12.2. The Kier molecular flexibility index (Phi) is 8.23. The maximum Gasteiger partial charge on any atom is 0.194 e. The van der Waals surface area contributed by atoms with Crippen molar-refractivity contribution in [2.24, 2.45) is 5.92 Å². The number of aromatic nitrogens is 1. The largest absolute Gasteiger partial charge is 0.487 e. The van der Waals surface area contributed by atoms with Gasteiger partial charge in [-0.2, -0.15) is 0 Å². The average Bonchev–Trinajstić information content (AvgIpc) is 3.53. The number of anilines is 1. The number of hydrogen-bond acceptors (Lipinski definition) is 7. The number of aryl methyl sites for hydroxylation is 1. The van der Waals surface area contributed by atoms with Gasteiger partial charge in [-0.1, -0.05) is 34.4 Å². The van der Waals surface area contributed by atoms with E-state index in [1.54, 1.807) is 6.07 Å². The van der Waals surface area contributed by atoms with Crippen molar-refractivity contribution in [3.8, 4) is 5.75 Å². The molecule has 0 spiro atoms. The fourth-order valence-electron chi connectivity index (χ4n) is 5.06. The highest BCUT2D eigenvalue weighted by Gasteiger charge is 2.25. The molecule has 1 aromatic heterocycles. The lowest BCUT2D eigenvalue weighted by molar-refractivity contribution is -0.0661. The Morgan fingerprint density at radius 1 is 1.06 bits per heavy atom. The van der Waals surface area contributed by atoms with Gasteiger partial charge in [0.25, 0.3) is 0 Å². The van der Waals surface area contributed by atoms with Gasteiger partial charge in [0.15, 0.2) is 11.9 Å². The summed E-state index contributed by atoms with van der Waals surface area (Å²) in [4.78, 5) is 4.47. The molecule has 2 aromatic carbocycles. The number of ether oxygens (including phenoxy) is 3. The summed E-state index contributed by atoms with van der Waals surface area (Å²) in [6.45, 7) is 4.88. The topological polar surface area (TPSA) is 60.2 Å². The molecule has 2 aliphatic rings. The predicted molar refractivity (Wildman–Crippen MR) is 142 cm³/mol. The third-order valence-electron chi connectivity index (χ3n) is 7.07.